The number of benzene rings is 2. The lowest BCUT2D eigenvalue weighted by atomic mass is 9.86. The second-order valence-corrected chi connectivity index (χ2v) is 10.5. The summed E-state index contributed by atoms with van der Waals surface area (Å²) in [4.78, 5) is 23.8. The molecule has 1 saturated heterocycles. The monoisotopic (exact) mass is 480 g/mol. The van der Waals surface area contributed by atoms with E-state index in [0.717, 1.165) is 18.4 Å². The zero-order chi connectivity index (χ0) is 24.4. The third-order valence-corrected chi connectivity index (χ3v) is 7.09. The summed E-state index contributed by atoms with van der Waals surface area (Å²) in [6.07, 6.45) is 3.58. The van der Waals surface area contributed by atoms with Gasteiger partial charge in [0.1, 0.15) is 18.0 Å². The van der Waals surface area contributed by atoms with Crippen molar-refractivity contribution in [3.8, 4) is 5.75 Å². The van der Waals surface area contributed by atoms with Gasteiger partial charge in [-0.05, 0) is 62.6 Å². The molecule has 0 saturated carbocycles. The highest BCUT2D eigenvalue weighted by atomic mass is 32.2. The average molecular weight is 481 g/mol. The van der Waals surface area contributed by atoms with Crippen LogP contribution in [0, 0.1) is 11.2 Å². The van der Waals surface area contributed by atoms with Gasteiger partial charge >= 0.3 is 16.2 Å². The molecule has 10 heteroatoms. The Labute approximate surface area is 192 Å². The first-order chi connectivity index (χ1) is 15.5. The number of nitrogens with one attached hydrogen (secondary N) is 1. The van der Waals surface area contributed by atoms with Gasteiger partial charge in [0.05, 0.1) is 12.0 Å². The number of nitrogens with zero attached hydrogens (tertiary/aromatic N) is 1. The zero-order valence-electron chi connectivity index (χ0n) is 19.0. The van der Waals surface area contributed by atoms with E-state index in [9.17, 15) is 23.1 Å². The predicted octanol–water partition coefficient (Wildman–Crippen LogP) is 3.56. The number of anilines is 1. The summed E-state index contributed by atoms with van der Waals surface area (Å²) < 4.78 is 47.2. The number of rotatable bonds is 9. The van der Waals surface area contributed by atoms with Crippen LogP contribution >= 0.6 is 0 Å². The van der Waals surface area contributed by atoms with Crippen molar-refractivity contribution in [2.75, 3.05) is 17.5 Å². The molecule has 2 aromatic rings. The van der Waals surface area contributed by atoms with Gasteiger partial charge in [0.15, 0.2) is 5.82 Å². The van der Waals surface area contributed by atoms with Crippen LogP contribution < -0.4 is 9.03 Å². The summed E-state index contributed by atoms with van der Waals surface area (Å²) in [6.45, 7) is 5.49. The number of ether oxygens (including phenoxy) is 1. The molecule has 0 aliphatic carbocycles. The summed E-state index contributed by atoms with van der Waals surface area (Å²) in [5, 5.41) is 10.8. The number of fused-ring (bicyclic) bond motifs is 1. The molecule has 0 bridgehead atoms. The van der Waals surface area contributed by atoms with Crippen molar-refractivity contribution in [2.45, 2.75) is 52.9 Å². The molecule has 2 N–H and O–H groups in total. The molecule has 1 amide bonds. The number of phenols is 1. The van der Waals surface area contributed by atoms with Crippen molar-refractivity contribution >= 4 is 38.5 Å². The molecule has 0 unspecified atom stereocenters. The van der Waals surface area contributed by atoms with Crippen molar-refractivity contribution in [2.24, 2.45) is 5.41 Å². The molecule has 2 aromatic carbocycles. The fraction of sp³-hybridized carbons (Fsp3) is 0.478. The fourth-order valence-electron chi connectivity index (χ4n) is 3.75. The maximum Gasteiger partial charge on any atom is 0.326 e. The standard InChI is InChI=1S/C23H29FN2O6S/c1-4-5-11-32-22(29)23(2,3)10-6-7-15-8-9-16-13-18(27)21(20(24)17(16)12-15)26-14-19(28)25-33(26,30)31/h8-9,12-13,27H,4-7,10-11,14H2,1-3H3,(H,25,28). The van der Waals surface area contributed by atoms with E-state index >= 15 is 4.39 Å². The molecular formula is C23H29FN2O6S. The number of halogens is 1. The van der Waals surface area contributed by atoms with Crippen LogP contribution in [0.25, 0.3) is 10.8 Å². The quantitative estimate of drug-likeness (QED) is 0.419. The molecule has 0 radical (unpaired) electrons. The Hall–Kier alpha value is -2.88. The summed E-state index contributed by atoms with van der Waals surface area (Å²) in [5.41, 5.74) is -0.404. The van der Waals surface area contributed by atoms with E-state index in [1.165, 1.54) is 6.07 Å². The van der Waals surface area contributed by atoms with Gasteiger partial charge < -0.3 is 9.84 Å². The molecular weight excluding hydrogens is 451 g/mol. The number of unbranched alkanes of at least 4 members (excludes halogenated alkanes) is 1. The highest BCUT2D eigenvalue weighted by Crippen LogP contribution is 2.38. The van der Waals surface area contributed by atoms with E-state index in [2.05, 4.69) is 0 Å². The first-order valence-corrected chi connectivity index (χ1v) is 12.3. The molecule has 1 heterocycles. The molecule has 1 aliphatic rings. The van der Waals surface area contributed by atoms with Gasteiger partial charge in [0, 0.05) is 5.39 Å². The molecule has 0 aromatic heterocycles. The minimum atomic E-state index is -4.27. The fourth-order valence-corrected chi connectivity index (χ4v) is 4.92. The Morgan fingerprint density at radius 2 is 2.00 bits per heavy atom. The first-order valence-electron chi connectivity index (χ1n) is 10.9. The minimum Gasteiger partial charge on any atom is -0.506 e. The zero-order valence-corrected chi connectivity index (χ0v) is 19.8. The number of aryl methyl sites for hydroxylation is 1. The first kappa shape index (κ1) is 24.8. The highest BCUT2D eigenvalue weighted by Gasteiger charge is 2.38. The topological polar surface area (TPSA) is 113 Å². The second kappa shape index (κ2) is 9.54. The van der Waals surface area contributed by atoms with Crippen LogP contribution in [-0.4, -0.2) is 38.6 Å². The van der Waals surface area contributed by atoms with Gasteiger partial charge in [0.2, 0.25) is 0 Å². The third-order valence-electron chi connectivity index (χ3n) is 5.72. The number of carbonyl (C=O) groups is 2. The van der Waals surface area contributed by atoms with E-state index in [1.807, 2.05) is 20.8 Å². The lowest BCUT2D eigenvalue weighted by Gasteiger charge is -2.22. The Balaban J connectivity index is 1.78. The second-order valence-electron chi connectivity index (χ2n) is 8.88. The highest BCUT2D eigenvalue weighted by molar-refractivity contribution is 7.92. The van der Waals surface area contributed by atoms with Crippen LogP contribution in [-0.2, 0) is 31.0 Å². The predicted molar refractivity (Wildman–Crippen MR) is 123 cm³/mol. The summed E-state index contributed by atoms with van der Waals surface area (Å²) in [6, 6.07) is 6.30. The van der Waals surface area contributed by atoms with Gasteiger partial charge in [-0.15, -0.1) is 0 Å². The van der Waals surface area contributed by atoms with E-state index in [4.69, 9.17) is 4.74 Å². The van der Waals surface area contributed by atoms with Gasteiger partial charge in [-0.25, -0.2) is 13.4 Å². The van der Waals surface area contributed by atoms with Crippen molar-refractivity contribution in [1.82, 2.24) is 4.72 Å². The smallest absolute Gasteiger partial charge is 0.326 e. The average Bonchev–Trinajstić information content (AvgIpc) is 3.00. The van der Waals surface area contributed by atoms with Crippen LogP contribution in [0.1, 0.15) is 52.0 Å². The van der Waals surface area contributed by atoms with Crippen LogP contribution in [0.5, 0.6) is 5.75 Å². The maximum atomic E-state index is 15.3. The Morgan fingerprint density at radius 1 is 1.27 bits per heavy atom. The van der Waals surface area contributed by atoms with Crippen LogP contribution in [0.3, 0.4) is 0 Å². The summed E-state index contributed by atoms with van der Waals surface area (Å²) in [7, 11) is -4.27. The normalized spacial score (nSPS) is 15.6. The van der Waals surface area contributed by atoms with Crippen molar-refractivity contribution < 1.29 is 32.2 Å². The summed E-state index contributed by atoms with van der Waals surface area (Å²) >= 11 is 0. The number of amides is 1. The molecule has 8 nitrogen and oxygen atoms in total. The minimum absolute atomic E-state index is 0.132. The number of hydrogen-bond donors (Lipinski definition) is 2. The maximum absolute atomic E-state index is 15.3. The Bertz CT molecular complexity index is 1180. The molecule has 1 aliphatic heterocycles. The van der Waals surface area contributed by atoms with E-state index < -0.39 is 45.3 Å². The van der Waals surface area contributed by atoms with E-state index in [-0.39, 0.29) is 11.4 Å². The number of esters is 1. The van der Waals surface area contributed by atoms with E-state index in [0.29, 0.717) is 35.6 Å². The number of hydrogen-bond acceptors (Lipinski definition) is 6. The van der Waals surface area contributed by atoms with Crippen molar-refractivity contribution in [3.63, 3.8) is 0 Å². The van der Waals surface area contributed by atoms with Crippen LogP contribution in [0.4, 0.5) is 10.1 Å². The lowest BCUT2D eigenvalue weighted by Crippen LogP contribution is -2.30. The molecule has 180 valence electrons. The SMILES string of the molecule is CCCCOC(=O)C(C)(C)CCCc1ccc2cc(O)c(N3CC(=O)NS3(=O)=O)c(F)c2c1. The van der Waals surface area contributed by atoms with Gasteiger partial charge in [-0.3, -0.25) is 9.59 Å². The molecule has 3 rings (SSSR count). The van der Waals surface area contributed by atoms with Crippen molar-refractivity contribution in [1.29, 1.82) is 0 Å². The van der Waals surface area contributed by atoms with Crippen molar-refractivity contribution in [3.05, 3.63) is 35.6 Å². The number of phenolic OH excluding ortho intramolecular Hbond substituents is 1. The summed E-state index contributed by atoms with van der Waals surface area (Å²) in [5.74, 6) is -2.54. The Morgan fingerprint density at radius 3 is 2.64 bits per heavy atom. The third kappa shape index (κ3) is 5.38. The van der Waals surface area contributed by atoms with E-state index in [1.54, 1.807) is 22.9 Å². The lowest BCUT2D eigenvalue weighted by molar-refractivity contribution is -0.154. The van der Waals surface area contributed by atoms with Crippen LogP contribution in [0.15, 0.2) is 24.3 Å². The molecule has 0 atom stereocenters. The number of carbonyl (C=O) groups excluding carboxylic acids is 2. The molecule has 33 heavy (non-hydrogen) atoms. The van der Waals surface area contributed by atoms with Gasteiger partial charge in [-0.1, -0.05) is 25.5 Å². The van der Waals surface area contributed by atoms with Gasteiger partial charge in [0.25, 0.3) is 5.91 Å². The largest absolute Gasteiger partial charge is 0.506 e. The van der Waals surface area contributed by atoms with Gasteiger partial charge in [-0.2, -0.15) is 8.42 Å². The molecule has 0 spiro atoms. The Kier molecular flexibility index (Phi) is 7.16. The molecule has 1 fully saturated rings. The van der Waals surface area contributed by atoms with Crippen LogP contribution in [0.2, 0.25) is 0 Å². The number of aromatic hydroxyl groups is 1.